The second-order valence-electron chi connectivity index (χ2n) is 5.03. The number of benzene rings is 1. The lowest BCUT2D eigenvalue weighted by molar-refractivity contribution is -0.140. The zero-order valence-corrected chi connectivity index (χ0v) is 12.9. The number of hydrogen-bond donors (Lipinski definition) is 2. The molecule has 1 aliphatic rings. The van der Waals surface area contributed by atoms with Crippen LogP contribution < -0.4 is 14.8 Å². The number of nitrogens with zero attached hydrogens (tertiary/aromatic N) is 1. The summed E-state index contributed by atoms with van der Waals surface area (Å²) < 4.78 is 10.3. The maximum absolute atomic E-state index is 12.0. The first-order valence-corrected chi connectivity index (χ1v) is 7.00. The highest BCUT2D eigenvalue weighted by Gasteiger charge is 2.38. The number of carbonyl (C=O) groups excluding carboxylic acids is 2. The van der Waals surface area contributed by atoms with Gasteiger partial charge in [-0.1, -0.05) is 6.07 Å². The van der Waals surface area contributed by atoms with Crippen LogP contribution in [0.25, 0.3) is 0 Å². The molecule has 0 spiro atoms. The Labute approximate surface area is 133 Å². The molecular formula is C15H18N2O6. The molecule has 1 saturated heterocycles. The number of carboxylic acid groups (broad SMARTS) is 1. The van der Waals surface area contributed by atoms with Gasteiger partial charge in [-0.05, 0) is 24.1 Å². The van der Waals surface area contributed by atoms with E-state index in [0.29, 0.717) is 17.9 Å². The molecule has 2 N–H and O–H groups in total. The van der Waals surface area contributed by atoms with Gasteiger partial charge in [0.2, 0.25) is 0 Å². The third-order valence-corrected chi connectivity index (χ3v) is 3.56. The number of nitrogens with one attached hydrogen (secondary N) is 1. The Morgan fingerprint density at radius 2 is 1.96 bits per heavy atom. The van der Waals surface area contributed by atoms with Gasteiger partial charge < -0.3 is 19.9 Å². The van der Waals surface area contributed by atoms with Crippen molar-refractivity contribution >= 4 is 17.9 Å². The zero-order chi connectivity index (χ0) is 17.0. The predicted molar refractivity (Wildman–Crippen MR) is 79.5 cm³/mol. The fraction of sp³-hybridized carbons (Fsp3) is 0.400. The third kappa shape index (κ3) is 3.71. The van der Waals surface area contributed by atoms with Crippen molar-refractivity contribution in [2.75, 3.05) is 20.8 Å². The Kier molecular flexibility index (Phi) is 5.05. The number of carboxylic acids is 1. The van der Waals surface area contributed by atoms with Crippen LogP contribution in [-0.4, -0.2) is 54.7 Å². The topological polar surface area (TPSA) is 105 Å². The highest BCUT2D eigenvalue weighted by Crippen LogP contribution is 2.27. The maximum atomic E-state index is 12.0. The van der Waals surface area contributed by atoms with Crippen molar-refractivity contribution < 1.29 is 29.0 Å². The normalized spacial score (nSPS) is 17.1. The standard InChI is InChI=1S/C15H18N2O6/c1-22-11-4-3-9(7-12(11)23-2)5-6-17-14(20)10(8-13(18)19)16-15(17)21/h3-4,7,10H,5-6,8H2,1-2H3,(H,16,21)(H,18,19)/t10-/m1/s1. The molecule has 1 aromatic rings. The molecule has 1 aromatic carbocycles. The summed E-state index contributed by atoms with van der Waals surface area (Å²) in [7, 11) is 3.06. The van der Waals surface area contributed by atoms with Crippen molar-refractivity contribution in [3.8, 4) is 11.5 Å². The quantitative estimate of drug-likeness (QED) is 0.714. The van der Waals surface area contributed by atoms with E-state index in [-0.39, 0.29) is 6.54 Å². The Bertz CT molecular complexity index is 630. The average molecular weight is 322 g/mol. The second kappa shape index (κ2) is 6.99. The summed E-state index contributed by atoms with van der Waals surface area (Å²) in [6.07, 6.45) is 0.0107. The van der Waals surface area contributed by atoms with Crippen LogP contribution in [0.2, 0.25) is 0 Å². The highest BCUT2D eigenvalue weighted by atomic mass is 16.5. The largest absolute Gasteiger partial charge is 0.493 e. The van der Waals surface area contributed by atoms with Crippen molar-refractivity contribution in [3.05, 3.63) is 23.8 Å². The van der Waals surface area contributed by atoms with Crippen molar-refractivity contribution in [2.24, 2.45) is 0 Å². The van der Waals surface area contributed by atoms with Crippen molar-refractivity contribution in [2.45, 2.75) is 18.9 Å². The number of aliphatic carboxylic acids is 1. The van der Waals surface area contributed by atoms with Gasteiger partial charge in [0.1, 0.15) is 6.04 Å². The number of hydrogen-bond acceptors (Lipinski definition) is 5. The first kappa shape index (κ1) is 16.6. The first-order valence-electron chi connectivity index (χ1n) is 7.00. The van der Waals surface area contributed by atoms with Crippen LogP contribution in [0.5, 0.6) is 11.5 Å². The molecule has 0 unspecified atom stereocenters. The summed E-state index contributed by atoms with van der Waals surface area (Å²) in [5.41, 5.74) is 0.866. The van der Waals surface area contributed by atoms with Crippen molar-refractivity contribution in [1.82, 2.24) is 10.2 Å². The minimum Gasteiger partial charge on any atom is -0.493 e. The van der Waals surface area contributed by atoms with Crippen LogP contribution in [-0.2, 0) is 16.0 Å². The summed E-state index contributed by atoms with van der Waals surface area (Å²) >= 11 is 0. The lowest BCUT2D eigenvalue weighted by Crippen LogP contribution is -2.34. The zero-order valence-electron chi connectivity index (χ0n) is 12.9. The SMILES string of the molecule is COc1ccc(CCN2C(=O)N[C@H](CC(=O)O)C2=O)cc1OC. The molecule has 2 rings (SSSR count). The molecule has 0 aliphatic carbocycles. The lowest BCUT2D eigenvalue weighted by Gasteiger charge is -2.14. The van der Waals surface area contributed by atoms with Gasteiger partial charge in [0.05, 0.1) is 20.6 Å². The van der Waals surface area contributed by atoms with Crippen molar-refractivity contribution in [1.29, 1.82) is 0 Å². The van der Waals surface area contributed by atoms with E-state index in [4.69, 9.17) is 14.6 Å². The number of ether oxygens (including phenoxy) is 2. The Morgan fingerprint density at radius 3 is 2.57 bits per heavy atom. The monoisotopic (exact) mass is 322 g/mol. The summed E-state index contributed by atoms with van der Waals surface area (Å²) in [6, 6.07) is 3.76. The van der Waals surface area contributed by atoms with Gasteiger partial charge >= 0.3 is 12.0 Å². The number of methoxy groups -OCH3 is 2. The Hall–Kier alpha value is -2.77. The van der Waals surface area contributed by atoms with Crippen LogP contribution in [0.4, 0.5) is 4.79 Å². The molecule has 1 aliphatic heterocycles. The number of imide groups is 1. The molecule has 3 amide bonds. The molecular weight excluding hydrogens is 304 g/mol. The van der Waals surface area contributed by atoms with Gasteiger partial charge in [-0.25, -0.2) is 4.79 Å². The second-order valence-corrected chi connectivity index (χ2v) is 5.03. The van der Waals surface area contributed by atoms with Gasteiger partial charge in [-0.3, -0.25) is 14.5 Å². The van der Waals surface area contributed by atoms with Gasteiger partial charge in [0.25, 0.3) is 5.91 Å². The van der Waals surface area contributed by atoms with E-state index in [2.05, 4.69) is 5.32 Å². The smallest absolute Gasteiger partial charge is 0.324 e. The van der Waals surface area contributed by atoms with E-state index in [1.165, 1.54) is 14.2 Å². The van der Waals surface area contributed by atoms with Crippen LogP contribution in [0.3, 0.4) is 0 Å². The first-order chi connectivity index (χ1) is 11.0. The van der Waals surface area contributed by atoms with E-state index in [1.54, 1.807) is 12.1 Å². The molecule has 1 atom stereocenters. The molecule has 0 radical (unpaired) electrons. The van der Waals surface area contributed by atoms with E-state index in [1.807, 2.05) is 6.07 Å². The molecule has 1 fully saturated rings. The molecule has 23 heavy (non-hydrogen) atoms. The average Bonchev–Trinajstić information content (AvgIpc) is 2.78. The summed E-state index contributed by atoms with van der Waals surface area (Å²) in [4.78, 5) is 35.5. The van der Waals surface area contributed by atoms with E-state index < -0.39 is 30.4 Å². The molecule has 124 valence electrons. The number of urea groups is 1. The fourth-order valence-corrected chi connectivity index (χ4v) is 2.38. The minimum atomic E-state index is -1.13. The van der Waals surface area contributed by atoms with E-state index >= 15 is 0 Å². The molecule has 8 heteroatoms. The maximum Gasteiger partial charge on any atom is 0.324 e. The highest BCUT2D eigenvalue weighted by molar-refractivity contribution is 6.05. The van der Waals surface area contributed by atoms with E-state index in [9.17, 15) is 14.4 Å². The summed E-state index contributed by atoms with van der Waals surface area (Å²) in [5.74, 6) is -0.498. The van der Waals surface area contributed by atoms with Gasteiger partial charge in [0.15, 0.2) is 11.5 Å². The van der Waals surface area contributed by atoms with E-state index in [0.717, 1.165) is 10.5 Å². The van der Waals surface area contributed by atoms with Gasteiger partial charge in [-0.15, -0.1) is 0 Å². The predicted octanol–water partition coefficient (Wildman–Crippen LogP) is 0.641. The van der Waals surface area contributed by atoms with Crippen LogP contribution >= 0.6 is 0 Å². The molecule has 0 aromatic heterocycles. The summed E-state index contributed by atoms with van der Waals surface area (Å²) in [5, 5.41) is 11.1. The van der Waals surface area contributed by atoms with Crippen LogP contribution in [0.1, 0.15) is 12.0 Å². The van der Waals surface area contributed by atoms with Gasteiger partial charge in [0, 0.05) is 6.54 Å². The Balaban J connectivity index is 2.02. The van der Waals surface area contributed by atoms with Crippen LogP contribution in [0.15, 0.2) is 18.2 Å². The molecule has 0 bridgehead atoms. The fourth-order valence-electron chi connectivity index (χ4n) is 2.38. The minimum absolute atomic E-state index is 0.163. The summed E-state index contributed by atoms with van der Waals surface area (Å²) in [6.45, 7) is 0.163. The molecule has 0 saturated carbocycles. The van der Waals surface area contributed by atoms with Gasteiger partial charge in [-0.2, -0.15) is 0 Å². The molecule has 8 nitrogen and oxygen atoms in total. The van der Waals surface area contributed by atoms with Crippen LogP contribution in [0, 0.1) is 0 Å². The lowest BCUT2D eigenvalue weighted by atomic mass is 10.1. The molecule has 1 heterocycles. The number of amides is 3. The number of carbonyl (C=O) groups is 3. The Morgan fingerprint density at radius 1 is 1.26 bits per heavy atom. The third-order valence-electron chi connectivity index (χ3n) is 3.56. The number of rotatable bonds is 7. The van der Waals surface area contributed by atoms with Crippen molar-refractivity contribution in [3.63, 3.8) is 0 Å².